The molecule has 2 N–H and O–H groups in total. The molecule has 0 radical (unpaired) electrons. The SMILES string of the molecule is COc1ccc(O)c(NC(=O)[C@@H]2C[C@H]2c2csc(Br)c2)c1. The first kappa shape index (κ1) is 14.4. The molecule has 1 heterocycles. The summed E-state index contributed by atoms with van der Waals surface area (Å²) in [6, 6.07) is 6.83. The molecular formula is C15H14BrNO3S. The van der Waals surface area contributed by atoms with E-state index in [0.29, 0.717) is 11.4 Å². The van der Waals surface area contributed by atoms with Gasteiger partial charge in [-0.1, -0.05) is 0 Å². The average Bonchev–Trinajstić information content (AvgIpc) is 3.16. The Morgan fingerprint density at radius 1 is 1.48 bits per heavy atom. The highest BCUT2D eigenvalue weighted by Gasteiger charge is 2.44. The largest absolute Gasteiger partial charge is 0.506 e. The maximum absolute atomic E-state index is 12.2. The molecule has 1 aromatic carbocycles. The van der Waals surface area contributed by atoms with Crippen LogP contribution in [0.5, 0.6) is 11.5 Å². The maximum atomic E-state index is 12.2. The van der Waals surface area contributed by atoms with Gasteiger partial charge in [-0.2, -0.15) is 0 Å². The summed E-state index contributed by atoms with van der Waals surface area (Å²) in [6.45, 7) is 0. The minimum absolute atomic E-state index is 0.0305. The number of halogens is 1. The molecule has 110 valence electrons. The molecule has 1 saturated carbocycles. The van der Waals surface area contributed by atoms with E-state index in [2.05, 4.69) is 32.7 Å². The fraction of sp³-hybridized carbons (Fsp3) is 0.267. The van der Waals surface area contributed by atoms with E-state index in [-0.39, 0.29) is 23.5 Å². The van der Waals surface area contributed by atoms with E-state index in [0.717, 1.165) is 10.2 Å². The number of benzene rings is 1. The Balaban J connectivity index is 1.68. The first-order valence-electron chi connectivity index (χ1n) is 6.50. The zero-order chi connectivity index (χ0) is 15.0. The second kappa shape index (κ2) is 5.69. The molecule has 2 atom stereocenters. The van der Waals surface area contributed by atoms with Crippen molar-refractivity contribution in [1.82, 2.24) is 0 Å². The van der Waals surface area contributed by atoms with Gasteiger partial charge in [0.1, 0.15) is 11.5 Å². The minimum Gasteiger partial charge on any atom is -0.506 e. The number of anilines is 1. The van der Waals surface area contributed by atoms with Gasteiger partial charge in [0, 0.05) is 12.0 Å². The van der Waals surface area contributed by atoms with Gasteiger partial charge in [-0.05, 0) is 57.4 Å². The van der Waals surface area contributed by atoms with E-state index >= 15 is 0 Å². The van der Waals surface area contributed by atoms with Crippen LogP contribution >= 0.6 is 27.3 Å². The third-order valence-corrected chi connectivity index (χ3v) is 5.13. The van der Waals surface area contributed by atoms with Crippen molar-refractivity contribution in [3.05, 3.63) is 39.0 Å². The maximum Gasteiger partial charge on any atom is 0.228 e. The van der Waals surface area contributed by atoms with E-state index in [4.69, 9.17) is 4.74 Å². The van der Waals surface area contributed by atoms with Gasteiger partial charge in [0.05, 0.1) is 16.6 Å². The van der Waals surface area contributed by atoms with Gasteiger partial charge in [0.15, 0.2) is 0 Å². The van der Waals surface area contributed by atoms with E-state index in [9.17, 15) is 9.90 Å². The number of methoxy groups -OCH3 is 1. The van der Waals surface area contributed by atoms with Crippen molar-refractivity contribution < 1.29 is 14.6 Å². The zero-order valence-corrected chi connectivity index (χ0v) is 13.7. The van der Waals surface area contributed by atoms with Crippen LogP contribution in [0.1, 0.15) is 17.9 Å². The van der Waals surface area contributed by atoms with Gasteiger partial charge in [0.2, 0.25) is 5.91 Å². The number of phenolic OH excluding ortho intramolecular Hbond substituents is 1. The predicted octanol–water partition coefficient (Wildman–Crippen LogP) is 3.97. The van der Waals surface area contributed by atoms with Crippen molar-refractivity contribution in [3.8, 4) is 11.5 Å². The normalized spacial score (nSPS) is 20.1. The highest BCUT2D eigenvalue weighted by molar-refractivity contribution is 9.11. The molecule has 21 heavy (non-hydrogen) atoms. The molecule has 4 nitrogen and oxygen atoms in total. The van der Waals surface area contributed by atoms with E-state index in [1.807, 2.05) is 0 Å². The topological polar surface area (TPSA) is 58.6 Å². The number of amides is 1. The van der Waals surface area contributed by atoms with Gasteiger partial charge in [-0.3, -0.25) is 4.79 Å². The van der Waals surface area contributed by atoms with Crippen molar-refractivity contribution >= 4 is 38.9 Å². The molecule has 1 aliphatic rings. The number of hydrogen-bond acceptors (Lipinski definition) is 4. The fourth-order valence-electron chi connectivity index (χ4n) is 2.34. The Bertz CT molecular complexity index is 685. The predicted molar refractivity (Wildman–Crippen MR) is 86.2 cm³/mol. The highest BCUT2D eigenvalue weighted by Crippen LogP contribution is 2.49. The molecule has 1 fully saturated rings. The lowest BCUT2D eigenvalue weighted by atomic mass is 10.2. The molecule has 0 spiro atoms. The molecule has 2 aromatic rings. The summed E-state index contributed by atoms with van der Waals surface area (Å²) < 4.78 is 6.17. The number of carbonyl (C=O) groups is 1. The quantitative estimate of drug-likeness (QED) is 0.803. The summed E-state index contributed by atoms with van der Waals surface area (Å²) in [4.78, 5) is 12.2. The Morgan fingerprint density at radius 3 is 2.95 bits per heavy atom. The lowest BCUT2D eigenvalue weighted by Crippen LogP contribution is -2.14. The van der Waals surface area contributed by atoms with E-state index in [1.165, 1.54) is 11.6 Å². The summed E-state index contributed by atoms with van der Waals surface area (Å²) in [5.41, 5.74) is 1.58. The van der Waals surface area contributed by atoms with Gasteiger partial charge in [-0.15, -0.1) is 11.3 Å². The molecule has 0 unspecified atom stereocenters. The number of nitrogens with one attached hydrogen (secondary N) is 1. The number of hydrogen-bond donors (Lipinski definition) is 2. The Hall–Kier alpha value is -1.53. The monoisotopic (exact) mass is 367 g/mol. The average molecular weight is 368 g/mol. The smallest absolute Gasteiger partial charge is 0.228 e. The molecule has 6 heteroatoms. The summed E-state index contributed by atoms with van der Waals surface area (Å²) in [5, 5.41) is 14.6. The van der Waals surface area contributed by atoms with Crippen LogP contribution in [0.4, 0.5) is 5.69 Å². The second-order valence-electron chi connectivity index (χ2n) is 5.01. The van der Waals surface area contributed by atoms with Crippen molar-refractivity contribution in [3.63, 3.8) is 0 Å². The number of rotatable bonds is 4. The second-order valence-corrected chi connectivity index (χ2v) is 7.30. The lowest BCUT2D eigenvalue weighted by molar-refractivity contribution is -0.117. The van der Waals surface area contributed by atoms with E-state index < -0.39 is 0 Å². The van der Waals surface area contributed by atoms with Crippen LogP contribution in [0.25, 0.3) is 0 Å². The highest BCUT2D eigenvalue weighted by atomic mass is 79.9. The Kier molecular flexibility index (Phi) is 3.91. The first-order chi connectivity index (χ1) is 10.1. The summed E-state index contributed by atoms with van der Waals surface area (Å²) >= 11 is 5.06. The molecule has 3 rings (SSSR count). The van der Waals surface area contributed by atoms with Crippen LogP contribution in [-0.2, 0) is 4.79 Å². The zero-order valence-electron chi connectivity index (χ0n) is 11.3. The molecule has 0 saturated heterocycles. The summed E-state index contributed by atoms with van der Waals surface area (Å²) in [7, 11) is 1.54. The number of carbonyl (C=O) groups excluding carboxylic acids is 1. The van der Waals surface area contributed by atoms with Crippen molar-refractivity contribution in [1.29, 1.82) is 0 Å². The van der Waals surface area contributed by atoms with Gasteiger partial charge < -0.3 is 15.2 Å². The third-order valence-electron chi connectivity index (χ3n) is 3.60. The van der Waals surface area contributed by atoms with Crippen LogP contribution in [-0.4, -0.2) is 18.1 Å². The first-order valence-corrected chi connectivity index (χ1v) is 8.17. The van der Waals surface area contributed by atoms with Crippen LogP contribution in [0.15, 0.2) is 33.4 Å². The van der Waals surface area contributed by atoms with Crippen LogP contribution in [0.3, 0.4) is 0 Å². The van der Waals surface area contributed by atoms with Crippen LogP contribution in [0, 0.1) is 5.92 Å². The van der Waals surface area contributed by atoms with Crippen molar-refractivity contribution in [2.75, 3.05) is 12.4 Å². The van der Waals surface area contributed by atoms with Gasteiger partial charge in [-0.25, -0.2) is 0 Å². The van der Waals surface area contributed by atoms with Gasteiger partial charge >= 0.3 is 0 Å². The molecule has 1 amide bonds. The van der Waals surface area contributed by atoms with Crippen LogP contribution in [0.2, 0.25) is 0 Å². The Morgan fingerprint density at radius 2 is 2.29 bits per heavy atom. The summed E-state index contributed by atoms with van der Waals surface area (Å²) in [6.07, 6.45) is 0.847. The number of ether oxygens (including phenoxy) is 1. The number of thiophene rings is 1. The standard InChI is InChI=1S/C15H14BrNO3S/c1-20-9-2-3-13(18)12(5-9)17-15(19)11-6-10(11)8-4-14(16)21-7-8/h2-5,7,10-11,18H,6H2,1H3,(H,17,19)/t10-,11+/m0/s1. The Labute approximate surface area is 134 Å². The number of aromatic hydroxyl groups is 1. The molecule has 1 aromatic heterocycles. The van der Waals surface area contributed by atoms with Crippen LogP contribution < -0.4 is 10.1 Å². The molecule has 0 bridgehead atoms. The molecular weight excluding hydrogens is 354 g/mol. The number of phenols is 1. The van der Waals surface area contributed by atoms with E-state index in [1.54, 1.807) is 30.6 Å². The lowest BCUT2D eigenvalue weighted by Gasteiger charge is -2.09. The van der Waals surface area contributed by atoms with Crippen molar-refractivity contribution in [2.45, 2.75) is 12.3 Å². The third kappa shape index (κ3) is 3.06. The molecule has 1 aliphatic carbocycles. The summed E-state index contributed by atoms with van der Waals surface area (Å²) in [5.74, 6) is 0.820. The minimum atomic E-state index is -0.0640. The fourth-order valence-corrected chi connectivity index (χ4v) is 3.58. The van der Waals surface area contributed by atoms with Gasteiger partial charge in [0.25, 0.3) is 0 Å². The van der Waals surface area contributed by atoms with Crippen molar-refractivity contribution in [2.24, 2.45) is 5.92 Å². The molecule has 0 aliphatic heterocycles.